The van der Waals surface area contributed by atoms with Crippen LogP contribution in [-0.4, -0.2) is 30.5 Å². The van der Waals surface area contributed by atoms with Crippen molar-refractivity contribution in [3.8, 4) is 0 Å². The van der Waals surface area contributed by atoms with Crippen molar-refractivity contribution >= 4 is 11.7 Å². The molecule has 29 heavy (non-hydrogen) atoms. The highest BCUT2D eigenvalue weighted by Gasteiger charge is 2.22. The van der Waals surface area contributed by atoms with Crippen LogP contribution in [0.3, 0.4) is 0 Å². The van der Waals surface area contributed by atoms with Crippen LogP contribution in [0.25, 0.3) is 0 Å². The molecular weight excluding hydrogens is 360 g/mol. The molecule has 1 saturated heterocycles. The Morgan fingerprint density at radius 1 is 1.10 bits per heavy atom. The summed E-state index contributed by atoms with van der Waals surface area (Å²) in [6, 6.07) is 24.5. The second-order valence-corrected chi connectivity index (χ2v) is 7.42. The number of amides is 1. The largest absolute Gasteiger partial charge is 0.353 e. The van der Waals surface area contributed by atoms with E-state index in [0.29, 0.717) is 12.2 Å². The zero-order valence-corrected chi connectivity index (χ0v) is 16.6. The van der Waals surface area contributed by atoms with Crippen molar-refractivity contribution in [2.75, 3.05) is 24.5 Å². The fourth-order valence-electron chi connectivity index (χ4n) is 3.69. The molecule has 2 heterocycles. The van der Waals surface area contributed by atoms with Gasteiger partial charge in [-0.25, -0.2) is 4.98 Å². The minimum Gasteiger partial charge on any atom is -0.353 e. The van der Waals surface area contributed by atoms with Gasteiger partial charge >= 0.3 is 0 Å². The van der Waals surface area contributed by atoms with Gasteiger partial charge in [-0.1, -0.05) is 66.2 Å². The first-order valence-electron chi connectivity index (χ1n) is 10.0. The van der Waals surface area contributed by atoms with Gasteiger partial charge in [0.25, 0.3) is 5.91 Å². The second-order valence-electron chi connectivity index (χ2n) is 7.42. The Hall–Kier alpha value is -3.18. The maximum absolute atomic E-state index is 12.6. The predicted octanol–water partition coefficient (Wildman–Crippen LogP) is 3.47. The van der Waals surface area contributed by atoms with E-state index in [0.717, 1.165) is 31.0 Å². The van der Waals surface area contributed by atoms with Gasteiger partial charge in [0, 0.05) is 32.2 Å². The second kappa shape index (κ2) is 8.88. The zero-order valence-electron chi connectivity index (χ0n) is 16.6. The maximum atomic E-state index is 12.6. The van der Waals surface area contributed by atoms with Crippen LogP contribution >= 0.6 is 0 Å². The third-order valence-electron chi connectivity index (χ3n) is 5.20. The lowest BCUT2D eigenvalue weighted by molar-refractivity contribution is 0.0946. The summed E-state index contributed by atoms with van der Waals surface area (Å²) in [4.78, 5) is 19.5. The van der Waals surface area contributed by atoms with Gasteiger partial charge in [-0.15, -0.1) is 0 Å². The third kappa shape index (κ3) is 4.81. The van der Waals surface area contributed by atoms with E-state index in [-0.39, 0.29) is 11.9 Å². The van der Waals surface area contributed by atoms with Crippen molar-refractivity contribution in [1.29, 1.82) is 0 Å². The van der Waals surface area contributed by atoms with Crippen LogP contribution in [-0.2, 0) is 6.54 Å². The molecule has 1 amide bonds. The van der Waals surface area contributed by atoms with Crippen molar-refractivity contribution in [1.82, 2.24) is 15.6 Å². The molecular formula is C24H26N4O. The molecule has 1 aromatic heterocycles. The topological polar surface area (TPSA) is 57.3 Å². The van der Waals surface area contributed by atoms with Crippen molar-refractivity contribution in [3.05, 3.63) is 95.2 Å². The normalized spacial score (nSPS) is 16.4. The highest BCUT2D eigenvalue weighted by Crippen LogP contribution is 2.21. The summed E-state index contributed by atoms with van der Waals surface area (Å²) in [5.41, 5.74) is 3.99. The van der Waals surface area contributed by atoms with Crippen LogP contribution in [0.5, 0.6) is 0 Å². The van der Waals surface area contributed by atoms with E-state index < -0.39 is 0 Å². The molecule has 1 aliphatic rings. The Balaban J connectivity index is 1.43. The minimum atomic E-state index is -0.150. The van der Waals surface area contributed by atoms with Gasteiger partial charge in [-0.3, -0.25) is 4.79 Å². The van der Waals surface area contributed by atoms with E-state index >= 15 is 0 Å². The van der Waals surface area contributed by atoms with Crippen LogP contribution in [0.1, 0.15) is 33.2 Å². The lowest BCUT2D eigenvalue weighted by atomic mass is 10.0. The van der Waals surface area contributed by atoms with Crippen LogP contribution < -0.4 is 15.5 Å². The van der Waals surface area contributed by atoms with Crippen molar-refractivity contribution < 1.29 is 4.79 Å². The Morgan fingerprint density at radius 3 is 2.76 bits per heavy atom. The number of nitrogens with zero attached hydrogens (tertiary/aromatic N) is 2. The van der Waals surface area contributed by atoms with Gasteiger partial charge in [0.2, 0.25) is 0 Å². The fraction of sp³-hybridized carbons (Fsp3) is 0.250. The Kier molecular flexibility index (Phi) is 5.86. The van der Waals surface area contributed by atoms with Gasteiger partial charge in [-0.05, 0) is 30.2 Å². The number of hydrogen-bond donors (Lipinski definition) is 2. The molecule has 148 valence electrons. The predicted molar refractivity (Wildman–Crippen MR) is 116 cm³/mol. The van der Waals surface area contributed by atoms with Gasteiger partial charge < -0.3 is 15.5 Å². The van der Waals surface area contributed by atoms with Crippen molar-refractivity contribution in [2.45, 2.75) is 19.5 Å². The highest BCUT2D eigenvalue weighted by molar-refractivity contribution is 5.92. The van der Waals surface area contributed by atoms with Crippen molar-refractivity contribution in [3.63, 3.8) is 0 Å². The summed E-state index contributed by atoms with van der Waals surface area (Å²) in [6.45, 7) is 5.11. The average molecular weight is 386 g/mol. The molecule has 5 nitrogen and oxygen atoms in total. The van der Waals surface area contributed by atoms with Gasteiger partial charge in [0.15, 0.2) is 0 Å². The quantitative estimate of drug-likeness (QED) is 0.705. The van der Waals surface area contributed by atoms with Gasteiger partial charge in [0.1, 0.15) is 11.5 Å². The van der Waals surface area contributed by atoms with E-state index in [1.165, 1.54) is 11.1 Å². The monoisotopic (exact) mass is 386 g/mol. The highest BCUT2D eigenvalue weighted by atomic mass is 16.1. The molecule has 3 aromatic rings. The first kappa shape index (κ1) is 19.2. The first-order chi connectivity index (χ1) is 14.2. The van der Waals surface area contributed by atoms with Gasteiger partial charge in [0.05, 0.1) is 0 Å². The molecule has 5 heteroatoms. The fourth-order valence-corrected chi connectivity index (χ4v) is 3.69. The van der Waals surface area contributed by atoms with E-state index in [1.807, 2.05) is 43.3 Å². The van der Waals surface area contributed by atoms with Crippen LogP contribution in [0.15, 0.2) is 72.8 Å². The maximum Gasteiger partial charge on any atom is 0.270 e. The van der Waals surface area contributed by atoms with Crippen LogP contribution in [0, 0.1) is 6.92 Å². The number of aryl methyl sites for hydroxylation is 1. The summed E-state index contributed by atoms with van der Waals surface area (Å²) in [5.74, 6) is 0.693. The SMILES string of the molecule is Cc1cccc(CNC(=O)c2cccc(N3CCNC(c4ccccc4)C3)n2)c1. The zero-order chi connectivity index (χ0) is 20.1. The number of carbonyl (C=O) groups is 1. The number of aromatic nitrogens is 1. The van der Waals surface area contributed by atoms with Crippen LogP contribution in [0.2, 0.25) is 0 Å². The number of anilines is 1. The van der Waals surface area contributed by atoms with Crippen LogP contribution in [0.4, 0.5) is 5.82 Å². The number of nitrogens with one attached hydrogen (secondary N) is 2. The Morgan fingerprint density at radius 2 is 1.93 bits per heavy atom. The number of rotatable bonds is 5. The molecule has 0 aliphatic carbocycles. The third-order valence-corrected chi connectivity index (χ3v) is 5.20. The average Bonchev–Trinajstić information content (AvgIpc) is 2.78. The van der Waals surface area contributed by atoms with E-state index in [2.05, 4.69) is 50.8 Å². The number of benzene rings is 2. The lowest BCUT2D eigenvalue weighted by Gasteiger charge is -2.35. The first-order valence-corrected chi connectivity index (χ1v) is 10.0. The summed E-state index contributed by atoms with van der Waals surface area (Å²) < 4.78 is 0. The van der Waals surface area contributed by atoms with Gasteiger partial charge in [-0.2, -0.15) is 0 Å². The molecule has 1 atom stereocenters. The molecule has 2 N–H and O–H groups in total. The molecule has 4 rings (SSSR count). The van der Waals surface area contributed by atoms with E-state index in [9.17, 15) is 4.79 Å². The molecule has 1 unspecified atom stereocenters. The molecule has 2 aromatic carbocycles. The lowest BCUT2D eigenvalue weighted by Crippen LogP contribution is -2.46. The summed E-state index contributed by atoms with van der Waals surface area (Å²) >= 11 is 0. The van der Waals surface area contributed by atoms with E-state index in [4.69, 9.17) is 0 Å². The summed E-state index contributed by atoms with van der Waals surface area (Å²) in [7, 11) is 0. The summed E-state index contributed by atoms with van der Waals surface area (Å²) in [5, 5.41) is 6.54. The van der Waals surface area contributed by atoms with Crippen molar-refractivity contribution in [2.24, 2.45) is 0 Å². The molecule has 0 bridgehead atoms. The number of piperazine rings is 1. The molecule has 0 radical (unpaired) electrons. The smallest absolute Gasteiger partial charge is 0.270 e. The number of pyridine rings is 1. The molecule has 1 aliphatic heterocycles. The summed E-state index contributed by atoms with van der Waals surface area (Å²) in [6.07, 6.45) is 0. The Labute approximate surface area is 171 Å². The number of carbonyl (C=O) groups excluding carboxylic acids is 1. The minimum absolute atomic E-state index is 0.150. The number of hydrogen-bond acceptors (Lipinski definition) is 4. The standard InChI is InChI=1S/C24H26N4O/c1-18-7-5-8-19(15-18)16-26-24(29)21-11-6-12-23(27-21)28-14-13-25-22(17-28)20-9-3-2-4-10-20/h2-12,15,22,25H,13-14,16-17H2,1H3,(H,26,29). The van der Waals surface area contributed by atoms with E-state index in [1.54, 1.807) is 6.07 Å². The molecule has 1 fully saturated rings. The molecule has 0 saturated carbocycles. The Bertz CT molecular complexity index is 973. The molecule has 0 spiro atoms.